The van der Waals surface area contributed by atoms with Crippen LogP contribution in [-0.4, -0.2) is 5.78 Å². The van der Waals surface area contributed by atoms with E-state index < -0.39 is 0 Å². The Bertz CT molecular complexity index is 512. The summed E-state index contributed by atoms with van der Waals surface area (Å²) in [7, 11) is 0. The third-order valence-corrected chi connectivity index (χ3v) is 2.84. The molecule has 0 bridgehead atoms. The van der Waals surface area contributed by atoms with Crippen molar-refractivity contribution in [3.63, 3.8) is 0 Å². The van der Waals surface area contributed by atoms with E-state index in [1.807, 2.05) is 32.0 Å². The van der Waals surface area contributed by atoms with Crippen LogP contribution in [0.3, 0.4) is 0 Å². The fourth-order valence-electron chi connectivity index (χ4n) is 1.75. The minimum absolute atomic E-state index is 0.117. The van der Waals surface area contributed by atoms with Crippen LogP contribution in [0.1, 0.15) is 19.4 Å². The molecule has 0 N–H and O–H groups in total. The van der Waals surface area contributed by atoms with Gasteiger partial charge >= 0.3 is 0 Å². The van der Waals surface area contributed by atoms with Gasteiger partial charge in [-0.25, -0.2) is 0 Å². The Balaban J connectivity index is 2.29. The second-order valence-electron chi connectivity index (χ2n) is 4.48. The van der Waals surface area contributed by atoms with Gasteiger partial charge in [-0.2, -0.15) is 0 Å². The van der Waals surface area contributed by atoms with E-state index in [1.165, 1.54) is 10.8 Å². The first-order valence-corrected chi connectivity index (χ1v) is 5.67. The molecule has 82 valence electrons. The maximum Gasteiger partial charge on any atom is 0.139 e. The van der Waals surface area contributed by atoms with Gasteiger partial charge in [0.2, 0.25) is 0 Å². The monoisotopic (exact) mass is 212 g/mol. The van der Waals surface area contributed by atoms with Crippen LogP contribution in [-0.2, 0) is 11.2 Å². The Kier molecular flexibility index (Phi) is 3.04. The summed E-state index contributed by atoms with van der Waals surface area (Å²) < 4.78 is 0. The molecule has 0 radical (unpaired) electrons. The van der Waals surface area contributed by atoms with E-state index in [0.717, 1.165) is 5.56 Å². The molecular formula is C15H16O. The lowest BCUT2D eigenvalue weighted by molar-refractivity contribution is -0.121. The lowest BCUT2D eigenvalue weighted by atomic mass is 9.99. The second kappa shape index (κ2) is 4.48. The van der Waals surface area contributed by atoms with E-state index in [9.17, 15) is 4.79 Å². The van der Waals surface area contributed by atoms with Gasteiger partial charge in [-0.3, -0.25) is 4.79 Å². The number of carbonyl (C=O) groups is 1. The molecule has 0 amide bonds. The van der Waals surface area contributed by atoms with Crippen molar-refractivity contribution in [3.8, 4) is 0 Å². The third kappa shape index (κ3) is 2.30. The molecule has 1 nitrogen and oxygen atoms in total. The Labute approximate surface area is 96.1 Å². The topological polar surface area (TPSA) is 17.1 Å². The first-order chi connectivity index (χ1) is 7.66. The zero-order valence-electron chi connectivity index (χ0n) is 9.73. The fourth-order valence-corrected chi connectivity index (χ4v) is 1.75. The molecule has 1 heteroatoms. The van der Waals surface area contributed by atoms with E-state index in [2.05, 4.69) is 24.3 Å². The van der Waals surface area contributed by atoms with Crippen molar-refractivity contribution >= 4 is 16.6 Å². The Morgan fingerprint density at radius 2 is 1.75 bits per heavy atom. The van der Waals surface area contributed by atoms with Crippen molar-refractivity contribution < 1.29 is 4.79 Å². The molecule has 0 saturated heterocycles. The molecule has 0 aliphatic rings. The molecular weight excluding hydrogens is 196 g/mol. The minimum Gasteiger partial charge on any atom is -0.299 e. The van der Waals surface area contributed by atoms with Gasteiger partial charge in [-0.1, -0.05) is 56.3 Å². The molecule has 2 rings (SSSR count). The van der Waals surface area contributed by atoms with Crippen molar-refractivity contribution in [3.05, 3.63) is 48.0 Å². The van der Waals surface area contributed by atoms with Crippen LogP contribution in [0.25, 0.3) is 10.8 Å². The van der Waals surface area contributed by atoms with Gasteiger partial charge in [0.25, 0.3) is 0 Å². The van der Waals surface area contributed by atoms with Crippen LogP contribution in [0.15, 0.2) is 42.5 Å². The molecule has 0 fully saturated rings. The quantitative estimate of drug-likeness (QED) is 0.759. The molecule has 0 atom stereocenters. The van der Waals surface area contributed by atoms with Crippen LogP contribution in [0.2, 0.25) is 0 Å². The van der Waals surface area contributed by atoms with Gasteiger partial charge in [0.1, 0.15) is 5.78 Å². The van der Waals surface area contributed by atoms with Crippen molar-refractivity contribution in [1.29, 1.82) is 0 Å². The SMILES string of the molecule is CC(C)C(=O)Cc1ccc2ccccc2c1. The molecule has 0 unspecified atom stereocenters. The number of rotatable bonds is 3. The highest BCUT2D eigenvalue weighted by Crippen LogP contribution is 2.16. The predicted octanol–water partition coefficient (Wildman–Crippen LogP) is 3.61. The van der Waals surface area contributed by atoms with Gasteiger partial charge in [-0.05, 0) is 16.3 Å². The van der Waals surface area contributed by atoms with E-state index in [1.54, 1.807) is 0 Å². The molecule has 0 spiro atoms. The van der Waals surface area contributed by atoms with E-state index in [0.29, 0.717) is 12.2 Å². The minimum atomic E-state index is 0.117. The van der Waals surface area contributed by atoms with Gasteiger partial charge < -0.3 is 0 Å². The number of hydrogen-bond acceptors (Lipinski definition) is 1. The summed E-state index contributed by atoms with van der Waals surface area (Å²) in [5.74, 6) is 0.418. The van der Waals surface area contributed by atoms with Gasteiger partial charge in [-0.15, -0.1) is 0 Å². The standard InChI is InChI=1S/C15H16O/c1-11(2)15(16)10-12-7-8-13-5-3-4-6-14(13)9-12/h3-9,11H,10H2,1-2H3. The third-order valence-electron chi connectivity index (χ3n) is 2.84. The summed E-state index contributed by atoms with van der Waals surface area (Å²) in [6.07, 6.45) is 0.544. The van der Waals surface area contributed by atoms with Crippen LogP contribution in [0.4, 0.5) is 0 Å². The highest BCUT2D eigenvalue weighted by atomic mass is 16.1. The summed E-state index contributed by atoms with van der Waals surface area (Å²) in [5, 5.41) is 2.43. The number of hydrogen-bond donors (Lipinski definition) is 0. The van der Waals surface area contributed by atoms with Crippen molar-refractivity contribution in [2.45, 2.75) is 20.3 Å². The van der Waals surface area contributed by atoms with Crippen molar-refractivity contribution in [1.82, 2.24) is 0 Å². The fraction of sp³-hybridized carbons (Fsp3) is 0.267. The number of carbonyl (C=O) groups excluding carboxylic acids is 1. The summed E-state index contributed by atoms with van der Waals surface area (Å²) in [4.78, 5) is 11.6. The Morgan fingerprint density at radius 3 is 2.44 bits per heavy atom. The average Bonchev–Trinajstić information content (AvgIpc) is 2.28. The van der Waals surface area contributed by atoms with E-state index >= 15 is 0 Å². The zero-order valence-corrected chi connectivity index (χ0v) is 9.73. The molecule has 2 aromatic rings. The Hall–Kier alpha value is -1.63. The summed E-state index contributed by atoms with van der Waals surface area (Å²) in [6.45, 7) is 3.90. The maximum absolute atomic E-state index is 11.6. The van der Waals surface area contributed by atoms with Crippen LogP contribution in [0, 0.1) is 5.92 Å². The molecule has 0 heterocycles. The number of fused-ring (bicyclic) bond motifs is 1. The zero-order chi connectivity index (χ0) is 11.5. The Morgan fingerprint density at radius 1 is 1.06 bits per heavy atom. The molecule has 0 aliphatic heterocycles. The molecule has 0 saturated carbocycles. The van der Waals surface area contributed by atoms with Gasteiger partial charge in [0.15, 0.2) is 0 Å². The second-order valence-corrected chi connectivity index (χ2v) is 4.48. The summed E-state index contributed by atoms with van der Waals surface area (Å²) in [5.41, 5.74) is 1.11. The molecule has 16 heavy (non-hydrogen) atoms. The van der Waals surface area contributed by atoms with E-state index in [-0.39, 0.29) is 5.92 Å². The van der Waals surface area contributed by atoms with Gasteiger partial charge in [0.05, 0.1) is 0 Å². The smallest absolute Gasteiger partial charge is 0.139 e. The lowest BCUT2D eigenvalue weighted by Gasteiger charge is -2.05. The predicted molar refractivity (Wildman–Crippen MR) is 67.5 cm³/mol. The average molecular weight is 212 g/mol. The number of Topliss-reactive ketones (excluding diaryl/α,β-unsaturated/α-hetero) is 1. The highest BCUT2D eigenvalue weighted by Gasteiger charge is 2.08. The summed E-state index contributed by atoms with van der Waals surface area (Å²) in [6, 6.07) is 14.5. The number of ketones is 1. The molecule has 0 aliphatic carbocycles. The largest absolute Gasteiger partial charge is 0.299 e. The first-order valence-electron chi connectivity index (χ1n) is 5.67. The van der Waals surface area contributed by atoms with Crippen molar-refractivity contribution in [2.75, 3.05) is 0 Å². The number of benzene rings is 2. The van der Waals surface area contributed by atoms with Crippen molar-refractivity contribution in [2.24, 2.45) is 5.92 Å². The molecule has 2 aromatic carbocycles. The van der Waals surface area contributed by atoms with Crippen LogP contribution in [0.5, 0.6) is 0 Å². The first kappa shape index (κ1) is 10.9. The highest BCUT2D eigenvalue weighted by molar-refractivity contribution is 5.86. The maximum atomic E-state index is 11.6. The van der Waals surface area contributed by atoms with E-state index in [4.69, 9.17) is 0 Å². The van der Waals surface area contributed by atoms with Gasteiger partial charge in [0, 0.05) is 12.3 Å². The lowest BCUT2D eigenvalue weighted by Crippen LogP contribution is -2.09. The van der Waals surface area contributed by atoms with Crippen LogP contribution < -0.4 is 0 Å². The summed E-state index contributed by atoms with van der Waals surface area (Å²) >= 11 is 0. The molecule has 0 aromatic heterocycles. The normalized spacial score (nSPS) is 10.9. The van der Waals surface area contributed by atoms with Crippen LogP contribution >= 0.6 is 0 Å².